The van der Waals surface area contributed by atoms with Gasteiger partial charge in [-0.1, -0.05) is 36.4 Å². The van der Waals surface area contributed by atoms with Gasteiger partial charge in [-0.15, -0.1) is 0 Å². The third kappa shape index (κ3) is 4.66. The van der Waals surface area contributed by atoms with Crippen molar-refractivity contribution in [3.8, 4) is 0 Å². The number of amides is 4. The summed E-state index contributed by atoms with van der Waals surface area (Å²) in [6, 6.07) is 12.3. The molecule has 32 heavy (non-hydrogen) atoms. The lowest BCUT2D eigenvalue weighted by Gasteiger charge is -2.38. The molecule has 9 heteroatoms. The third-order valence-corrected chi connectivity index (χ3v) is 6.20. The molecule has 2 fully saturated rings. The van der Waals surface area contributed by atoms with Gasteiger partial charge in [0.25, 0.3) is 5.56 Å². The van der Waals surface area contributed by atoms with Gasteiger partial charge in [0.1, 0.15) is 0 Å². The summed E-state index contributed by atoms with van der Waals surface area (Å²) in [5, 5.41) is 11.9. The van der Waals surface area contributed by atoms with Gasteiger partial charge >= 0.3 is 12.1 Å². The van der Waals surface area contributed by atoms with Crippen LogP contribution in [0.4, 0.5) is 9.59 Å². The summed E-state index contributed by atoms with van der Waals surface area (Å²) in [6.45, 7) is 0.750. The van der Waals surface area contributed by atoms with Crippen LogP contribution in [0.25, 0.3) is 0 Å². The van der Waals surface area contributed by atoms with Gasteiger partial charge < -0.3 is 19.5 Å². The number of urea groups is 1. The number of rotatable bonds is 5. The number of aromatic nitrogens is 1. The Morgan fingerprint density at radius 3 is 2.56 bits per heavy atom. The van der Waals surface area contributed by atoms with E-state index in [1.165, 1.54) is 9.80 Å². The first kappa shape index (κ1) is 21.6. The largest absolute Gasteiger partial charge is 0.465 e. The number of carboxylic acid groups (broad SMARTS) is 1. The third-order valence-electron chi connectivity index (χ3n) is 6.20. The molecule has 3 heterocycles. The topological polar surface area (TPSA) is 112 Å². The van der Waals surface area contributed by atoms with Crippen LogP contribution in [0.2, 0.25) is 0 Å². The molecule has 4 rings (SSSR count). The van der Waals surface area contributed by atoms with E-state index in [4.69, 9.17) is 0 Å². The number of pyridine rings is 1. The zero-order valence-corrected chi connectivity index (χ0v) is 17.6. The lowest BCUT2D eigenvalue weighted by Crippen LogP contribution is -2.50. The van der Waals surface area contributed by atoms with Gasteiger partial charge in [0.15, 0.2) is 0 Å². The van der Waals surface area contributed by atoms with Crippen LogP contribution in [0.3, 0.4) is 0 Å². The summed E-state index contributed by atoms with van der Waals surface area (Å²) in [5.74, 6) is -0.314. The van der Waals surface area contributed by atoms with Crippen molar-refractivity contribution >= 4 is 18.0 Å². The number of nitrogens with one attached hydrogen (secondary N) is 1. The van der Waals surface area contributed by atoms with Crippen LogP contribution in [0.1, 0.15) is 36.4 Å². The fourth-order valence-corrected chi connectivity index (χ4v) is 4.53. The molecule has 2 aliphatic heterocycles. The zero-order valence-electron chi connectivity index (χ0n) is 17.6. The van der Waals surface area contributed by atoms with Gasteiger partial charge in [-0.2, -0.15) is 0 Å². The van der Waals surface area contributed by atoms with E-state index < -0.39 is 12.1 Å². The molecule has 168 valence electrons. The van der Waals surface area contributed by atoms with E-state index in [0.717, 1.165) is 5.56 Å². The van der Waals surface area contributed by atoms with Crippen molar-refractivity contribution in [2.45, 2.75) is 44.3 Å². The van der Waals surface area contributed by atoms with Crippen molar-refractivity contribution in [3.63, 3.8) is 0 Å². The Hall–Kier alpha value is -3.62. The van der Waals surface area contributed by atoms with Crippen LogP contribution in [-0.4, -0.2) is 56.6 Å². The van der Waals surface area contributed by atoms with E-state index in [-0.39, 0.29) is 43.1 Å². The summed E-state index contributed by atoms with van der Waals surface area (Å²) in [5.41, 5.74) is 1.33. The van der Waals surface area contributed by atoms with Crippen molar-refractivity contribution in [2.24, 2.45) is 0 Å². The fraction of sp³-hybridized carbons (Fsp3) is 0.391. The first-order valence-corrected chi connectivity index (χ1v) is 10.7. The minimum Gasteiger partial charge on any atom is -0.465 e. The Morgan fingerprint density at radius 1 is 1.06 bits per heavy atom. The second kappa shape index (κ2) is 9.25. The molecule has 0 bridgehead atoms. The second-order valence-electron chi connectivity index (χ2n) is 8.27. The molecule has 2 aromatic rings. The maximum Gasteiger partial charge on any atom is 0.407 e. The van der Waals surface area contributed by atoms with E-state index in [9.17, 15) is 24.3 Å². The normalized spacial score (nSPS) is 21.4. The molecule has 2 saturated heterocycles. The van der Waals surface area contributed by atoms with Gasteiger partial charge in [-0.05, 0) is 30.9 Å². The molecule has 2 aliphatic rings. The van der Waals surface area contributed by atoms with E-state index in [1.54, 1.807) is 22.9 Å². The molecule has 0 spiro atoms. The van der Waals surface area contributed by atoms with E-state index >= 15 is 0 Å². The Bertz CT molecular complexity index is 1070. The molecule has 2 unspecified atom stereocenters. The number of carbonyl (C=O) groups is 3. The lowest BCUT2D eigenvalue weighted by molar-refractivity contribution is -0.121. The van der Waals surface area contributed by atoms with Crippen molar-refractivity contribution in [1.82, 2.24) is 19.7 Å². The number of carbonyl (C=O) groups excluding carboxylic acids is 2. The number of likely N-dealkylation sites (tertiary alicyclic amines) is 1. The summed E-state index contributed by atoms with van der Waals surface area (Å²) < 4.78 is 1.67. The number of imide groups is 1. The highest BCUT2D eigenvalue weighted by Crippen LogP contribution is 2.28. The highest BCUT2D eigenvalue weighted by atomic mass is 16.4. The minimum absolute atomic E-state index is 0.125. The predicted molar refractivity (Wildman–Crippen MR) is 116 cm³/mol. The van der Waals surface area contributed by atoms with Crippen LogP contribution in [0.15, 0.2) is 53.5 Å². The van der Waals surface area contributed by atoms with Crippen LogP contribution in [-0.2, 0) is 17.8 Å². The standard InChI is InChI=1S/C23H26N4O5/c28-20-9-11-25(22(30)24-20)15-17-7-4-10-26(21(17)29)18-8-12-27(23(31)32)19(14-18)13-16-5-2-1-3-6-16/h1-7,10,18-19H,8-9,11-15H2,(H,31,32)(H,24,28,30). The molecule has 1 aromatic heterocycles. The molecule has 1 aromatic carbocycles. The molecule has 0 radical (unpaired) electrons. The highest BCUT2D eigenvalue weighted by molar-refractivity contribution is 5.96. The second-order valence-corrected chi connectivity index (χ2v) is 8.27. The monoisotopic (exact) mass is 438 g/mol. The number of piperidine rings is 1. The van der Waals surface area contributed by atoms with Crippen LogP contribution >= 0.6 is 0 Å². The molecular formula is C23H26N4O5. The van der Waals surface area contributed by atoms with Gasteiger partial charge in [-0.3, -0.25) is 14.9 Å². The minimum atomic E-state index is -0.948. The smallest absolute Gasteiger partial charge is 0.407 e. The van der Waals surface area contributed by atoms with E-state index in [2.05, 4.69) is 5.32 Å². The SMILES string of the molecule is O=C1CCN(Cc2cccn(C3CCN(C(=O)O)C(Cc4ccccc4)C3)c2=O)C(=O)N1. The number of hydrogen-bond donors (Lipinski definition) is 2. The summed E-state index contributed by atoms with van der Waals surface area (Å²) in [7, 11) is 0. The van der Waals surface area contributed by atoms with Crippen molar-refractivity contribution in [3.05, 3.63) is 70.1 Å². The molecule has 2 atom stereocenters. The van der Waals surface area contributed by atoms with Gasteiger partial charge in [-0.25, -0.2) is 9.59 Å². The van der Waals surface area contributed by atoms with Crippen LogP contribution in [0.5, 0.6) is 0 Å². The fourth-order valence-electron chi connectivity index (χ4n) is 4.53. The summed E-state index contributed by atoms with van der Waals surface area (Å²) >= 11 is 0. The molecule has 0 aliphatic carbocycles. The number of nitrogens with zero attached hydrogens (tertiary/aromatic N) is 3. The molecular weight excluding hydrogens is 412 g/mol. The Morgan fingerprint density at radius 2 is 1.84 bits per heavy atom. The predicted octanol–water partition coefficient (Wildman–Crippen LogP) is 2.22. The van der Waals surface area contributed by atoms with Gasteiger partial charge in [0, 0.05) is 43.4 Å². The number of hydrogen-bond acceptors (Lipinski definition) is 4. The van der Waals surface area contributed by atoms with E-state index in [0.29, 0.717) is 31.4 Å². The summed E-state index contributed by atoms with van der Waals surface area (Å²) in [4.78, 5) is 51.3. The summed E-state index contributed by atoms with van der Waals surface area (Å²) in [6.07, 6.45) is 2.65. The maximum atomic E-state index is 13.2. The first-order chi connectivity index (χ1) is 15.4. The van der Waals surface area contributed by atoms with Crippen molar-refractivity contribution in [2.75, 3.05) is 13.1 Å². The van der Waals surface area contributed by atoms with Crippen molar-refractivity contribution in [1.29, 1.82) is 0 Å². The molecule has 0 saturated carbocycles. The molecule has 9 nitrogen and oxygen atoms in total. The Balaban J connectivity index is 1.53. The maximum absolute atomic E-state index is 13.2. The Kier molecular flexibility index (Phi) is 6.25. The number of benzene rings is 1. The average molecular weight is 438 g/mol. The average Bonchev–Trinajstić information content (AvgIpc) is 2.77. The Labute approximate surface area is 185 Å². The van der Waals surface area contributed by atoms with Gasteiger partial charge in [0.2, 0.25) is 5.91 Å². The molecule has 2 N–H and O–H groups in total. The van der Waals surface area contributed by atoms with Crippen molar-refractivity contribution < 1.29 is 19.5 Å². The quantitative estimate of drug-likeness (QED) is 0.743. The first-order valence-electron chi connectivity index (χ1n) is 10.7. The highest BCUT2D eigenvalue weighted by Gasteiger charge is 2.33. The van der Waals surface area contributed by atoms with Gasteiger partial charge in [0.05, 0.1) is 6.54 Å². The van der Waals surface area contributed by atoms with Crippen LogP contribution < -0.4 is 10.9 Å². The molecule has 4 amide bonds. The van der Waals surface area contributed by atoms with E-state index in [1.807, 2.05) is 30.3 Å². The lowest BCUT2D eigenvalue weighted by atomic mass is 9.92. The zero-order chi connectivity index (χ0) is 22.7. The van der Waals surface area contributed by atoms with Crippen LogP contribution in [0, 0.1) is 0 Å².